The maximum absolute atomic E-state index is 13.5. The van der Waals surface area contributed by atoms with Crippen LogP contribution in [0.1, 0.15) is 65.1 Å². The first-order chi connectivity index (χ1) is 33.0. The molecule has 69 heavy (non-hydrogen) atoms. The van der Waals surface area contributed by atoms with Gasteiger partial charge in [0, 0.05) is 61.6 Å². The topological polar surface area (TPSA) is 218 Å². The van der Waals surface area contributed by atoms with Crippen molar-refractivity contribution in [2.45, 2.75) is 58.0 Å². The molecule has 21 heteroatoms. The van der Waals surface area contributed by atoms with E-state index in [-0.39, 0.29) is 68.0 Å². The number of amides is 4. The smallest absolute Gasteiger partial charge is 0.258 e. The molecule has 0 radical (unpaired) electrons. The van der Waals surface area contributed by atoms with Gasteiger partial charge in [-0.15, -0.1) is 34.8 Å². The van der Waals surface area contributed by atoms with Crippen LogP contribution in [0.2, 0.25) is 10.0 Å². The van der Waals surface area contributed by atoms with Crippen molar-refractivity contribution in [3.05, 3.63) is 129 Å². The van der Waals surface area contributed by atoms with Crippen molar-refractivity contribution < 1.29 is 38.2 Å². The number of ketones is 2. The van der Waals surface area contributed by atoms with Crippen molar-refractivity contribution >= 4 is 127 Å². The van der Waals surface area contributed by atoms with Crippen molar-refractivity contribution in [3.8, 4) is 11.5 Å². The van der Waals surface area contributed by atoms with Gasteiger partial charge in [0.2, 0.25) is 12.1 Å². The molecule has 0 aliphatic carbocycles. The van der Waals surface area contributed by atoms with Crippen LogP contribution in [-0.4, -0.2) is 66.4 Å². The Hall–Kier alpha value is -6.43. The SMILES string of the molecule is CCOc1ccc(NC(=O)c2cc(Cl)cc(N=NC(C(C)=O)C(=O)Nc3ccc(NC(=O)C(N=Nc4cc(Cl)cc(C(=O)Nc5ccc(OCC)cc5CCl)c4)C(C)=O)c(CCCl)c3)c2)c(CCl)c1. The summed E-state index contributed by atoms with van der Waals surface area (Å²) in [7, 11) is 0. The van der Waals surface area contributed by atoms with Gasteiger partial charge in [-0.2, -0.15) is 20.5 Å². The summed E-state index contributed by atoms with van der Waals surface area (Å²) in [5.41, 5.74) is 3.50. The van der Waals surface area contributed by atoms with Gasteiger partial charge in [-0.05, 0) is 142 Å². The lowest BCUT2D eigenvalue weighted by atomic mass is 10.1. The van der Waals surface area contributed by atoms with Gasteiger partial charge in [-0.3, -0.25) is 28.8 Å². The highest BCUT2D eigenvalue weighted by atomic mass is 35.5. The second-order valence-electron chi connectivity index (χ2n) is 14.8. The van der Waals surface area contributed by atoms with Crippen LogP contribution in [-0.2, 0) is 37.4 Å². The van der Waals surface area contributed by atoms with Crippen LogP contribution < -0.4 is 30.7 Å². The number of carbonyl (C=O) groups is 6. The zero-order valence-corrected chi connectivity index (χ0v) is 41.3. The van der Waals surface area contributed by atoms with Crippen LogP contribution >= 0.6 is 58.0 Å². The number of anilines is 4. The van der Waals surface area contributed by atoms with E-state index in [0.29, 0.717) is 52.8 Å². The van der Waals surface area contributed by atoms with Gasteiger partial charge >= 0.3 is 0 Å². The fourth-order valence-electron chi connectivity index (χ4n) is 6.43. The number of azo groups is 2. The number of rotatable bonds is 22. The first kappa shape index (κ1) is 53.5. The third-order valence-corrected chi connectivity index (χ3v) is 10.9. The molecule has 360 valence electrons. The summed E-state index contributed by atoms with van der Waals surface area (Å²) in [5, 5.41) is 27.3. The predicted octanol–water partition coefficient (Wildman–Crippen LogP) is 11.9. The van der Waals surface area contributed by atoms with Gasteiger partial charge in [0.1, 0.15) is 11.5 Å². The number of carbonyl (C=O) groups excluding carboxylic acids is 6. The number of aryl methyl sites for hydroxylation is 1. The van der Waals surface area contributed by atoms with Crippen LogP contribution in [0.15, 0.2) is 111 Å². The van der Waals surface area contributed by atoms with Crippen molar-refractivity contribution in [1.29, 1.82) is 0 Å². The molecule has 5 rings (SSSR count). The number of hydrogen-bond donors (Lipinski definition) is 4. The molecule has 0 aromatic heterocycles. The van der Waals surface area contributed by atoms with E-state index in [1.54, 1.807) is 36.4 Å². The molecule has 16 nitrogen and oxygen atoms in total. The lowest BCUT2D eigenvalue weighted by Gasteiger charge is -2.15. The summed E-state index contributed by atoms with van der Waals surface area (Å²) in [6, 6.07) is 19.8. The minimum atomic E-state index is -1.62. The standard InChI is InChI=1S/C48H45Cl5N8O8/c1-5-68-38-8-11-41(31(20-38)24-50)55-45(64)29-15-33(52)22-36(18-29)58-60-43(26(3)62)47(66)54-35-7-10-40(28(17-35)13-14-49)57-48(67)44(27(4)63)61-59-37-19-30(16-34(53)23-37)46(65)56-42-12-9-39(69-6-2)21-32(42)25-51/h7-12,15-23,43-44H,5-6,13-14,24-25H2,1-4H3,(H,54,66)(H,55,64)(H,56,65)(H,57,67). The quantitative estimate of drug-likeness (QED) is 0.0296. The van der Waals surface area contributed by atoms with E-state index in [2.05, 4.69) is 41.7 Å². The molecule has 0 saturated carbocycles. The Morgan fingerprint density at radius 1 is 0.536 bits per heavy atom. The summed E-state index contributed by atoms with van der Waals surface area (Å²) < 4.78 is 11.0. The highest BCUT2D eigenvalue weighted by Crippen LogP contribution is 2.30. The number of ether oxygens (including phenoxy) is 2. The minimum absolute atomic E-state index is 0.0876. The number of hydrogen-bond acceptors (Lipinski definition) is 12. The van der Waals surface area contributed by atoms with E-state index < -0.39 is 47.3 Å². The molecule has 5 aromatic rings. The van der Waals surface area contributed by atoms with Crippen molar-refractivity contribution in [3.63, 3.8) is 0 Å². The Morgan fingerprint density at radius 2 is 0.971 bits per heavy atom. The van der Waals surface area contributed by atoms with Crippen molar-refractivity contribution in [1.82, 2.24) is 0 Å². The fourth-order valence-corrected chi connectivity index (χ4v) is 7.54. The van der Waals surface area contributed by atoms with Gasteiger partial charge in [0.15, 0.2) is 11.6 Å². The van der Waals surface area contributed by atoms with Crippen LogP contribution in [0.3, 0.4) is 0 Å². The molecular formula is C48H45Cl5N8O8. The number of nitrogens with one attached hydrogen (secondary N) is 4. The largest absolute Gasteiger partial charge is 0.494 e. The summed E-state index contributed by atoms with van der Waals surface area (Å²) in [6.45, 7) is 6.93. The maximum atomic E-state index is 13.5. The Balaban J connectivity index is 1.27. The van der Waals surface area contributed by atoms with E-state index >= 15 is 0 Å². The monoisotopic (exact) mass is 1040 g/mol. The van der Waals surface area contributed by atoms with Crippen LogP contribution in [0.5, 0.6) is 11.5 Å². The first-order valence-electron chi connectivity index (χ1n) is 21.1. The van der Waals surface area contributed by atoms with E-state index in [1.807, 2.05) is 13.8 Å². The average molecular weight is 1040 g/mol. The number of halogens is 5. The normalized spacial score (nSPS) is 12.0. The molecule has 5 aromatic carbocycles. The Kier molecular flexibility index (Phi) is 20.0. The average Bonchev–Trinajstić information content (AvgIpc) is 3.30. The summed E-state index contributed by atoms with van der Waals surface area (Å²) >= 11 is 31.0. The number of Topliss-reactive ketones (excluding diaryl/α,β-unsaturated/α-hetero) is 2. The summed E-state index contributed by atoms with van der Waals surface area (Å²) in [5.74, 6) is -2.52. The van der Waals surface area contributed by atoms with Crippen LogP contribution in [0.25, 0.3) is 0 Å². The first-order valence-corrected chi connectivity index (χ1v) is 23.4. The lowest BCUT2D eigenvalue weighted by molar-refractivity contribution is -0.127. The second kappa shape index (κ2) is 25.8. The highest BCUT2D eigenvalue weighted by molar-refractivity contribution is 6.32. The molecule has 0 aliphatic rings. The van der Waals surface area contributed by atoms with Gasteiger partial charge < -0.3 is 30.7 Å². The third kappa shape index (κ3) is 15.3. The molecule has 2 atom stereocenters. The Labute approximate surface area is 422 Å². The van der Waals surface area contributed by atoms with Gasteiger partial charge in [-0.25, -0.2) is 0 Å². The lowest BCUT2D eigenvalue weighted by Crippen LogP contribution is -2.32. The molecule has 4 amide bonds. The van der Waals surface area contributed by atoms with Crippen LogP contribution in [0, 0.1) is 0 Å². The minimum Gasteiger partial charge on any atom is -0.494 e. The molecule has 4 N–H and O–H groups in total. The van der Waals surface area contributed by atoms with Crippen LogP contribution in [0.4, 0.5) is 34.1 Å². The number of nitrogens with zero attached hydrogens (tertiary/aromatic N) is 4. The van der Waals surface area contributed by atoms with Crippen molar-refractivity contribution in [2.75, 3.05) is 40.4 Å². The third-order valence-electron chi connectivity index (χ3n) is 9.69. The molecule has 0 aliphatic heterocycles. The maximum Gasteiger partial charge on any atom is 0.258 e. The molecule has 0 fully saturated rings. The Bertz CT molecular complexity index is 2810. The van der Waals surface area contributed by atoms with E-state index in [4.69, 9.17) is 67.5 Å². The summed E-state index contributed by atoms with van der Waals surface area (Å²) in [6.07, 6.45) is 0.204. The van der Waals surface area contributed by atoms with Gasteiger partial charge in [-0.1, -0.05) is 23.2 Å². The molecule has 0 heterocycles. The number of alkyl halides is 3. The molecule has 0 spiro atoms. The van der Waals surface area contributed by atoms with E-state index in [9.17, 15) is 28.8 Å². The molecular weight excluding hydrogens is 994 g/mol. The zero-order chi connectivity index (χ0) is 50.2. The fraction of sp³-hybridized carbons (Fsp3) is 0.250. The number of benzene rings is 5. The van der Waals surface area contributed by atoms with E-state index in [1.165, 1.54) is 54.6 Å². The Morgan fingerprint density at radius 3 is 1.39 bits per heavy atom. The predicted molar refractivity (Wildman–Crippen MR) is 269 cm³/mol. The molecule has 0 saturated heterocycles. The van der Waals surface area contributed by atoms with Gasteiger partial charge in [0.25, 0.3) is 23.6 Å². The van der Waals surface area contributed by atoms with Crippen molar-refractivity contribution in [2.24, 2.45) is 20.5 Å². The molecule has 2 unspecified atom stereocenters. The summed E-state index contributed by atoms with van der Waals surface area (Å²) in [4.78, 5) is 79.0. The van der Waals surface area contributed by atoms with E-state index in [0.717, 1.165) is 13.8 Å². The second-order valence-corrected chi connectivity index (χ2v) is 16.6. The molecule has 0 bridgehead atoms. The van der Waals surface area contributed by atoms with Gasteiger partial charge in [0.05, 0.1) is 24.6 Å². The highest BCUT2D eigenvalue weighted by Gasteiger charge is 2.26. The zero-order valence-electron chi connectivity index (χ0n) is 37.5.